The van der Waals surface area contributed by atoms with Crippen LogP contribution in [0.1, 0.15) is 12.8 Å². The number of piperidine rings is 1. The molecule has 0 saturated carbocycles. The van der Waals surface area contributed by atoms with Crippen molar-refractivity contribution in [1.82, 2.24) is 14.5 Å². The highest BCUT2D eigenvalue weighted by Crippen LogP contribution is 2.15. The number of methoxy groups -OCH3 is 1. The number of ether oxygens (including phenoxy) is 1. The summed E-state index contributed by atoms with van der Waals surface area (Å²) in [5, 5.41) is 7.10. The van der Waals surface area contributed by atoms with Crippen molar-refractivity contribution in [2.75, 3.05) is 25.5 Å². The van der Waals surface area contributed by atoms with Crippen LogP contribution in [0.25, 0.3) is 0 Å². The predicted octanol–water partition coefficient (Wildman–Crippen LogP) is 1.18. The van der Waals surface area contributed by atoms with E-state index in [-0.39, 0.29) is 12.1 Å². The van der Waals surface area contributed by atoms with E-state index in [0.29, 0.717) is 5.00 Å². The summed E-state index contributed by atoms with van der Waals surface area (Å²) in [5.74, 6) is 0. The largest absolute Gasteiger partial charge is 0.381 e. The van der Waals surface area contributed by atoms with Gasteiger partial charge < -0.3 is 9.64 Å². The Morgan fingerprint density at radius 2 is 2.38 bits per heavy atom. The van der Waals surface area contributed by atoms with E-state index < -0.39 is 0 Å². The van der Waals surface area contributed by atoms with Gasteiger partial charge in [-0.2, -0.15) is 0 Å². The average Bonchev–Trinajstić information content (AvgIpc) is 2.82. The minimum atomic E-state index is -0.0828. The molecule has 16 heavy (non-hydrogen) atoms. The molecule has 88 valence electrons. The highest BCUT2D eigenvalue weighted by Gasteiger charge is 2.22. The van der Waals surface area contributed by atoms with Crippen LogP contribution in [-0.2, 0) is 4.74 Å². The van der Waals surface area contributed by atoms with Crippen LogP contribution < -0.4 is 5.32 Å². The van der Waals surface area contributed by atoms with Crippen molar-refractivity contribution < 1.29 is 9.53 Å². The summed E-state index contributed by atoms with van der Waals surface area (Å²) in [6.45, 7) is 1.47. The van der Waals surface area contributed by atoms with Gasteiger partial charge in [-0.1, -0.05) is 4.49 Å². The molecule has 0 unspecified atom stereocenters. The van der Waals surface area contributed by atoms with Gasteiger partial charge in [0.1, 0.15) is 5.00 Å². The van der Waals surface area contributed by atoms with Gasteiger partial charge in [0.05, 0.1) is 12.3 Å². The molecule has 2 heterocycles. The van der Waals surface area contributed by atoms with Crippen LogP contribution in [0.2, 0.25) is 0 Å². The number of rotatable bonds is 2. The van der Waals surface area contributed by atoms with Crippen LogP contribution in [-0.4, -0.2) is 46.8 Å². The third kappa shape index (κ3) is 2.67. The molecule has 0 aliphatic carbocycles. The molecule has 1 fully saturated rings. The fourth-order valence-electron chi connectivity index (χ4n) is 1.70. The predicted molar refractivity (Wildman–Crippen MR) is 60.5 cm³/mol. The number of amides is 2. The molecule has 6 nitrogen and oxygen atoms in total. The van der Waals surface area contributed by atoms with Gasteiger partial charge in [-0.25, -0.2) is 4.79 Å². The van der Waals surface area contributed by atoms with Crippen molar-refractivity contribution in [2.24, 2.45) is 0 Å². The van der Waals surface area contributed by atoms with Crippen molar-refractivity contribution in [3.05, 3.63) is 6.20 Å². The Hall–Kier alpha value is -1.21. The first-order chi connectivity index (χ1) is 7.79. The fraction of sp³-hybridized carbons (Fsp3) is 0.667. The number of hydrogen-bond acceptors (Lipinski definition) is 5. The first-order valence-corrected chi connectivity index (χ1v) is 5.93. The van der Waals surface area contributed by atoms with Crippen molar-refractivity contribution in [3.63, 3.8) is 0 Å². The van der Waals surface area contributed by atoms with Gasteiger partial charge in [0.15, 0.2) is 0 Å². The second-order valence-corrected chi connectivity index (χ2v) is 4.42. The molecule has 1 aliphatic rings. The number of carbonyl (C=O) groups excluding carboxylic acids is 1. The van der Waals surface area contributed by atoms with Gasteiger partial charge in [-0.3, -0.25) is 5.32 Å². The van der Waals surface area contributed by atoms with Gasteiger partial charge in [0.2, 0.25) is 0 Å². The third-order valence-corrected chi connectivity index (χ3v) is 3.23. The highest BCUT2D eigenvalue weighted by atomic mass is 32.1. The van der Waals surface area contributed by atoms with E-state index in [9.17, 15) is 4.79 Å². The van der Waals surface area contributed by atoms with Crippen LogP contribution in [0.3, 0.4) is 0 Å². The van der Waals surface area contributed by atoms with E-state index in [1.165, 1.54) is 11.5 Å². The topological polar surface area (TPSA) is 67.3 Å². The molecule has 2 rings (SSSR count). The Bertz CT molecular complexity index is 335. The van der Waals surface area contributed by atoms with Gasteiger partial charge >= 0.3 is 6.03 Å². The van der Waals surface area contributed by atoms with E-state index >= 15 is 0 Å². The van der Waals surface area contributed by atoms with Crippen LogP contribution >= 0.6 is 11.5 Å². The van der Waals surface area contributed by atoms with Crippen LogP contribution in [0.5, 0.6) is 0 Å². The van der Waals surface area contributed by atoms with E-state index in [0.717, 1.165) is 25.9 Å². The first-order valence-electron chi connectivity index (χ1n) is 5.15. The smallest absolute Gasteiger partial charge is 0.322 e. The lowest BCUT2D eigenvalue weighted by molar-refractivity contribution is 0.0521. The Kier molecular flexibility index (Phi) is 3.68. The lowest BCUT2D eigenvalue weighted by atomic mass is 10.1. The van der Waals surface area contributed by atoms with Crippen molar-refractivity contribution in [3.8, 4) is 0 Å². The molecule has 1 N–H and O–H groups in total. The molecule has 0 atom stereocenters. The maximum Gasteiger partial charge on any atom is 0.322 e. The van der Waals surface area contributed by atoms with E-state index in [1.54, 1.807) is 18.2 Å². The van der Waals surface area contributed by atoms with E-state index in [4.69, 9.17) is 4.74 Å². The average molecular weight is 242 g/mol. The summed E-state index contributed by atoms with van der Waals surface area (Å²) in [4.78, 5) is 13.6. The second kappa shape index (κ2) is 5.22. The van der Waals surface area contributed by atoms with Crippen LogP contribution in [0, 0.1) is 0 Å². The number of hydrogen-bond donors (Lipinski definition) is 1. The molecule has 0 aromatic carbocycles. The summed E-state index contributed by atoms with van der Waals surface area (Å²) in [7, 11) is 1.71. The number of carbonyl (C=O) groups is 1. The fourth-order valence-corrected chi connectivity index (χ4v) is 2.11. The molecule has 1 aromatic rings. The quantitative estimate of drug-likeness (QED) is 0.845. The Labute approximate surface area is 97.8 Å². The maximum atomic E-state index is 11.8. The number of aromatic nitrogens is 2. The monoisotopic (exact) mass is 242 g/mol. The molecular formula is C9H14N4O2S. The third-order valence-electron chi connectivity index (χ3n) is 2.65. The van der Waals surface area contributed by atoms with Crippen LogP contribution in [0.4, 0.5) is 9.80 Å². The molecular weight excluding hydrogens is 228 g/mol. The van der Waals surface area contributed by atoms with E-state index in [1.807, 2.05) is 0 Å². The van der Waals surface area contributed by atoms with Gasteiger partial charge in [-0.05, 0) is 12.8 Å². The lowest BCUT2D eigenvalue weighted by Gasteiger charge is -2.30. The Balaban J connectivity index is 1.82. The zero-order valence-corrected chi connectivity index (χ0v) is 9.87. The normalized spacial score (nSPS) is 17.4. The summed E-state index contributed by atoms with van der Waals surface area (Å²) in [6.07, 6.45) is 3.62. The minimum absolute atomic E-state index is 0.0828. The highest BCUT2D eigenvalue weighted by molar-refractivity contribution is 7.10. The second-order valence-electron chi connectivity index (χ2n) is 3.63. The van der Waals surface area contributed by atoms with Gasteiger partial charge in [0.25, 0.3) is 0 Å². The molecule has 1 aromatic heterocycles. The van der Waals surface area contributed by atoms with Crippen molar-refractivity contribution in [1.29, 1.82) is 0 Å². The molecule has 0 radical (unpaired) electrons. The standard InChI is InChI=1S/C9H14N4O2S/c1-15-7-2-4-13(5-3-7)9(14)11-8-6-10-12-16-8/h6-7H,2-5H2,1H3,(H,11,14). The SMILES string of the molecule is COC1CCN(C(=O)Nc2cnns2)CC1. The lowest BCUT2D eigenvalue weighted by Crippen LogP contribution is -2.42. The molecule has 7 heteroatoms. The molecule has 2 amide bonds. The summed E-state index contributed by atoms with van der Waals surface area (Å²) in [5.41, 5.74) is 0. The number of likely N-dealkylation sites (tertiary alicyclic amines) is 1. The number of nitrogens with one attached hydrogen (secondary N) is 1. The summed E-state index contributed by atoms with van der Waals surface area (Å²) in [6, 6.07) is -0.0828. The minimum Gasteiger partial charge on any atom is -0.381 e. The zero-order chi connectivity index (χ0) is 11.4. The molecule has 0 spiro atoms. The van der Waals surface area contributed by atoms with Crippen LogP contribution in [0.15, 0.2) is 6.20 Å². The molecule has 1 aliphatic heterocycles. The number of nitrogens with zero attached hydrogens (tertiary/aromatic N) is 3. The Morgan fingerprint density at radius 3 is 2.94 bits per heavy atom. The first kappa shape index (κ1) is 11.3. The zero-order valence-electron chi connectivity index (χ0n) is 9.05. The number of anilines is 1. The number of urea groups is 1. The van der Waals surface area contributed by atoms with E-state index in [2.05, 4.69) is 14.9 Å². The molecule has 0 bridgehead atoms. The van der Waals surface area contributed by atoms with Crippen molar-refractivity contribution in [2.45, 2.75) is 18.9 Å². The Morgan fingerprint density at radius 1 is 1.62 bits per heavy atom. The summed E-state index contributed by atoms with van der Waals surface area (Å²) < 4.78 is 8.93. The van der Waals surface area contributed by atoms with Gasteiger partial charge in [-0.15, -0.1) is 5.10 Å². The van der Waals surface area contributed by atoms with Crippen molar-refractivity contribution >= 4 is 22.6 Å². The van der Waals surface area contributed by atoms with Gasteiger partial charge in [0, 0.05) is 31.7 Å². The summed E-state index contributed by atoms with van der Waals surface area (Å²) >= 11 is 1.18. The maximum absolute atomic E-state index is 11.8. The molecule has 1 saturated heterocycles.